The van der Waals surface area contributed by atoms with Crippen molar-refractivity contribution < 1.29 is 17.9 Å². The van der Waals surface area contributed by atoms with E-state index in [0.717, 1.165) is 42.4 Å². The molecule has 1 heterocycles. The molecule has 6 heteroatoms. The van der Waals surface area contributed by atoms with Crippen LogP contribution in [0.2, 0.25) is 0 Å². The van der Waals surface area contributed by atoms with E-state index in [2.05, 4.69) is 43.0 Å². The Bertz CT molecular complexity index is 1240. The van der Waals surface area contributed by atoms with Crippen molar-refractivity contribution in [1.29, 1.82) is 0 Å². The molecule has 39 heavy (non-hydrogen) atoms. The Balaban J connectivity index is 1.58. The smallest absolute Gasteiger partial charge is 0.404 e. The zero-order chi connectivity index (χ0) is 27.3. The SMILES string of the molecule is CC(C)c1ccc(OC(F)(F)F)c(N2C3CCCC4C(C3)C4C(N)C2C(c2ccccc2)c2ccccc2)c1. The van der Waals surface area contributed by atoms with E-state index in [-0.39, 0.29) is 35.7 Å². The van der Waals surface area contributed by atoms with Crippen LogP contribution in [0.25, 0.3) is 0 Å². The number of ether oxygens (including phenoxy) is 1. The Hall–Kier alpha value is -2.99. The number of alkyl halides is 3. The maximum absolute atomic E-state index is 13.7. The third-order valence-corrected chi connectivity index (χ3v) is 9.38. The summed E-state index contributed by atoms with van der Waals surface area (Å²) < 4.78 is 46.0. The van der Waals surface area contributed by atoms with Gasteiger partial charge in [-0.3, -0.25) is 0 Å². The highest BCUT2D eigenvalue weighted by molar-refractivity contribution is 5.64. The highest BCUT2D eigenvalue weighted by Crippen LogP contribution is 2.61. The Morgan fingerprint density at radius 1 is 0.846 bits per heavy atom. The predicted molar refractivity (Wildman–Crippen MR) is 149 cm³/mol. The lowest BCUT2D eigenvalue weighted by Crippen LogP contribution is -2.55. The Kier molecular flexibility index (Phi) is 6.86. The molecule has 2 aliphatic carbocycles. The topological polar surface area (TPSA) is 38.5 Å². The van der Waals surface area contributed by atoms with Crippen LogP contribution in [0.1, 0.15) is 68.1 Å². The van der Waals surface area contributed by atoms with Gasteiger partial charge in [0.25, 0.3) is 0 Å². The summed E-state index contributed by atoms with van der Waals surface area (Å²) in [5.41, 5.74) is 11.0. The molecule has 2 bridgehead atoms. The molecule has 1 saturated heterocycles. The maximum atomic E-state index is 13.7. The second kappa shape index (κ2) is 10.2. The molecule has 3 aliphatic rings. The molecular formula is C33H37F3N2O. The van der Waals surface area contributed by atoms with Gasteiger partial charge >= 0.3 is 6.36 Å². The van der Waals surface area contributed by atoms with Crippen LogP contribution in [0, 0.1) is 17.8 Å². The third kappa shape index (κ3) is 5.04. The van der Waals surface area contributed by atoms with E-state index in [1.54, 1.807) is 6.07 Å². The maximum Gasteiger partial charge on any atom is 0.573 e. The molecule has 2 N–H and O–H groups in total. The average Bonchev–Trinajstić information content (AvgIpc) is 3.64. The molecule has 0 amide bonds. The molecule has 0 radical (unpaired) electrons. The van der Waals surface area contributed by atoms with Gasteiger partial charge in [0.2, 0.25) is 0 Å². The first-order valence-electron chi connectivity index (χ1n) is 14.3. The molecule has 3 aromatic carbocycles. The fraction of sp³-hybridized carbons (Fsp3) is 0.455. The molecule has 6 unspecified atom stereocenters. The van der Waals surface area contributed by atoms with Crippen LogP contribution in [0.15, 0.2) is 78.9 Å². The van der Waals surface area contributed by atoms with E-state index < -0.39 is 6.36 Å². The molecule has 206 valence electrons. The van der Waals surface area contributed by atoms with Crippen molar-refractivity contribution in [2.24, 2.45) is 23.5 Å². The summed E-state index contributed by atoms with van der Waals surface area (Å²) in [6.07, 6.45) is -0.658. The van der Waals surface area contributed by atoms with E-state index in [9.17, 15) is 13.2 Å². The molecule has 3 fully saturated rings. The number of hydrogen-bond donors (Lipinski definition) is 1. The van der Waals surface area contributed by atoms with Crippen molar-refractivity contribution in [1.82, 2.24) is 0 Å². The molecule has 0 aromatic heterocycles. The minimum absolute atomic E-state index is 0.0940. The summed E-state index contributed by atoms with van der Waals surface area (Å²) in [5, 5.41) is 0. The van der Waals surface area contributed by atoms with Crippen LogP contribution in [0.5, 0.6) is 5.75 Å². The number of nitrogens with two attached hydrogens (primary N) is 1. The summed E-state index contributed by atoms with van der Waals surface area (Å²) in [5.74, 6) is 1.46. The lowest BCUT2D eigenvalue weighted by atomic mass is 9.79. The second-order valence-electron chi connectivity index (χ2n) is 11.9. The molecule has 3 aromatic rings. The summed E-state index contributed by atoms with van der Waals surface area (Å²) >= 11 is 0. The zero-order valence-corrected chi connectivity index (χ0v) is 22.5. The largest absolute Gasteiger partial charge is 0.573 e. The van der Waals surface area contributed by atoms with E-state index in [0.29, 0.717) is 23.4 Å². The summed E-state index contributed by atoms with van der Waals surface area (Å²) in [6, 6.07) is 25.5. The van der Waals surface area contributed by atoms with Gasteiger partial charge in [-0.25, -0.2) is 0 Å². The first kappa shape index (κ1) is 26.2. The fourth-order valence-electron chi connectivity index (χ4n) is 7.67. The standard InChI is InChI=1S/C33H37F3N2O/c1-20(2)23-16-17-28(39-33(34,35)36)27(18-23)38-24-14-9-15-25-26(19-24)30(25)31(37)32(38)29(21-10-5-3-6-11-21)22-12-7-4-8-13-22/h3-8,10-13,16-18,20,24-26,29-32H,9,14-15,19,37H2,1-2H3. The summed E-state index contributed by atoms with van der Waals surface area (Å²) in [6.45, 7) is 4.13. The van der Waals surface area contributed by atoms with Crippen LogP contribution in [0.3, 0.4) is 0 Å². The number of benzene rings is 3. The normalized spacial score (nSPS) is 28.3. The first-order valence-corrected chi connectivity index (χ1v) is 14.3. The van der Waals surface area contributed by atoms with Crippen molar-refractivity contribution in [3.8, 4) is 5.75 Å². The van der Waals surface area contributed by atoms with Gasteiger partial charge in [0.05, 0.1) is 11.7 Å². The summed E-state index contributed by atoms with van der Waals surface area (Å²) in [4.78, 5) is 2.27. The molecule has 6 rings (SSSR count). The van der Waals surface area contributed by atoms with E-state index in [1.165, 1.54) is 6.07 Å². The Morgan fingerprint density at radius 2 is 1.49 bits per heavy atom. The van der Waals surface area contributed by atoms with Crippen LogP contribution in [-0.4, -0.2) is 24.5 Å². The molecular weight excluding hydrogens is 497 g/mol. The lowest BCUT2D eigenvalue weighted by Gasteiger charge is -2.46. The van der Waals surface area contributed by atoms with Crippen molar-refractivity contribution >= 4 is 5.69 Å². The van der Waals surface area contributed by atoms with Gasteiger partial charge in [-0.2, -0.15) is 0 Å². The molecule has 1 aliphatic heterocycles. The van der Waals surface area contributed by atoms with E-state index in [1.807, 2.05) is 42.5 Å². The number of anilines is 1. The fourth-order valence-corrected chi connectivity index (χ4v) is 7.67. The van der Waals surface area contributed by atoms with Crippen molar-refractivity contribution in [2.45, 2.75) is 75.9 Å². The highest BCUT2D eigenvalue weighted by atomic mass is 19.4. The molecule has 3 nitrogen and oxygen atoms in total. The second-order valence-corrected chi connectivity index (χ2v) is 11.9. The number of fused-ring (bicyclic) bond motifs is 2. The molecule has 2 saturated carbocycles. The van der Waals surface area contributed by atoms with E-state index >= 15 is 0 Å². The minimum Gasteiger partial charge on any atom is -0.404 e. The first-order chi connectivity index (χ1) is 18.7. The average molecular weight is 535 g/mol. The minimum atomic E-state index is -4.79. The van der Waals surface area contributed by atoms with Crippen molar-refractivity contribution in [2.75, 3.05) is 4.90 Å². The number of rotatable bonds is 6. The molecule has 0 spiro atoms. The van der Waals surface area contributed by atoms with Gasteiger partial charge in [0.1, 0.15) is 0 Å². The van der Waals surface area contributed by atoms with Gasteiger partial charge in [-0.1, -0.05) is 87.0 Å². The van der Waals surface area contributed by atoms with Gasteiger partial charge in [-0.05, 0) is 71.8 Å². The van der Waals surface area contributed by atoms with Crippen LogP contribution in [0.4, 0.5) is 18.9 Å². The van der Waals surface area contributed by atoms with Crippen molar-refractivity contribution in [3.05, 3.63) is 95.6 Å². The lowest BCUT2D eigenvalue weighted by molar-refractivity contribution is -0.274. The van der Waals surface area contributed by atoms with Crippen LogP contribution in [-0.2, 0) is 0 Å². The van der Waals surface area contributed by atoms with Crippen molar-refractivity contribution in [3.63, 3.8) is 0 Å². The number of halogens is 3. The Morgan fingerprint density at radius 3 is 2.08 bits per heavy atom. The van der Waals surface area contributed by atoms with Gasteiger partial charge in [-0.15, -0.1) is 13.2 Å². The van der Waals surface area contributed by atoms with E-state index in [4.69, 9.17) is 10.5 Å². The van der Waals surface area contributed by atoms with Gasteiger partial charge < -0.3 is 15.4 Å². The third-order valence-electron chi connectivity index (χ3n) is 9.38. The number of hydrogen-bond acceptors (Lipinski definition) is 3. The molecule has 6 atom stereocenters. The van der Waals surface area contributed by atoms with Gasteiger partial charge in [0, 0.05) is 18.0 Å². The predicted octanol–water partition coefficient (Wildman–Crippen LogP) is 7.86. The van der Waals surface area contributed by atoms with Crippen LogP contribution >= 0.6 is 0 Å². The zero-order valence-electron chi connectivity index (χ0n) is 22.5. The quantitative estimate of drug-likeness (QED) is 0.350. The monoisotopic (exact) mass is 534 g/mol. The number of nitrogens with zero attached hydrogens (tertiary/aromatic N) is 1. The Labute approximate surface area is 229 Å². The highest BCUT2D eigenvalue weighted by Gasteiger charge is 2.60. The van der Waals surface area contributed by atoms with Crippen LogP contribution < -0.4 is 15.4 Å². The van der Waals surface area contributed by atoms with Gasteiger partial charge in [0.15, 0.2) is 5.75 Å². The summed E-state index contributed by atoms with van der Waals surface area (Å²) in [7, 11) is 0.